The first-order valence-electron chi connectivity index (χ1n) is 9.50. The molecule has 0 aliphatic heterocycles. The molecular weight excluding hydrogens is 356 g/mol. The molecule has 1 saturated carbocycles. The molecule has 2 unspecified atom stereocenters. The van der Waals surface area contributed by atoms with Crippen LogP contribution in [0.15, 0.2) is 54.6 Å². The minimum atomic E-state index is -0.912. The minimum absolute atomic E-state index is 0.194. The molecule has 0 spiro atoms. The molecule has 0 saturated heterocycles. The number of nitrogens with one attached hydrogen (secondary N) is 2. The Morgan fingerprint density at radius 1 is 0.893 bits per heavy atom. The molecule has 1 aliphatic rings. The number of aliphatic carboxylic acids is 1. The molecule has 0 bridgehead atoms. The molecule has 6 nitrogen and oxygen atoms in total. The van der Waals surface area contributed by atoms with Gasteiger partial charge in [-0.25, -0.2) is 0 Å². The number of carbonyl (C=O) groups excluding carboxylic acids is 2. The van der Waals surface area contributed by atoms with Gasteiger partial charge in [0.15, 0.2) is 0 Å². The first kappa shape index (κ1) is 19.6. The normalized spacial score (nSPS) is 18.9. The molecule has 0 radical (unpaired) electrons. The predicted octanol–water partition coefficient (Wildman–Crippen LogP) is 3.45. The molecule has 0 heterocycles. The van der Waals surface area contributed by atoms with Crippen LogP contribution in [-0.4, -0.2) is 22.9 Å². The fourth-order valence-electron chi connectivity index (χ4n) is 3.56. The van der Waals surface area contributed by atoms with Gasteiger partial charge in [0.25, 0.3) is 5.91 Å². The summed E-state index contributed by atoms with van der Waals surface area (Å²) in [5.74, 6) is -2.52. The third kappa shape index (κ3) is 4.97. The number of carboxylic acid groups (broad SMARTS) is 1. The summed E-state index contributed by atoms with van der Waals surface area (Å²) < 4.78 is 0. The number of anilines is 1. The quantitative estimate of drug-likeness (QED) is 0.715. The van der Waals surface area contributed by atoms with Gasteiger partial charge in [-0.2, -0.15) is 0 Å². The largest absolute Gasteiger partial charge is 0.481 e. The molecule has 0 aromatic heterocycles. The van der Waals surface area contributed by atoms with E-state index in [1.165, 1.54) is 0 Å². The van der Waals surface area contributed by atoms with Gasteiger partial charge in [-0.15, -0.1) is 0 Å². The Morgan fingerprint density at radius 2 is 1.54 bits per heavy atom. The smallest absolute Gasteiger partial charge is 0.307 e. The van der Waals surface area contributed by atoms with E-state index in [2.05, 4.69) is 10.6 Å². The van der Waals surface area contributed by atoms with Crippen LogP contribution in [0.5, 0.6) is 0 Å². The van der Waals surface area contributed by atoms with Crippen molar-refractivity contribution in [3.8, 4) is 0 Å². The van der Waals surface area contributed by atoms with E-state index in [0.717, 1.165) is 18.4 Å². The van der Waals surface area contributed by atoms with Crippen LogP contribution in [0.2, 0.25) is 0 Å². The first-order valence-corrected chi connectivity index (χ1v) is 9.50. The molecular formula is C22H24N2O4. The van der Waals surface area contributed by atoms with Crippen LogP contribution in [0.4, 0.5) is 5.69 Å². The highest BCUT2D eigenvalue weighted by Gasteiger charge is 2.35. The summed E-state index contributed by atoms with van der Waals surface area (Å²) >= 11 is 0. The fourth-order valence-corrected chi connectivity index (χ4v) is 3.56. The van der Waals surface area contributed by atoms with Crippen molar-refractivity contribution in [1.82, 2.24) is 5.32 Å². The van der Waals surface area contributed by atoms with Crippen LogP contribution in [0.25, 0.3) is 0 Å². The highest BCUT2D eigenvalue weighted by atomic mass is 16.4. The molecule has 2 amide bonds. The summed E-state index contributed by atoms with van der Waals surface area (Å²) in [6.07, 6.45) is 2.83. The number of carboxylic acids is 1. The maximum Gasteiger partial charge on any atom is 0.307 e. The van der Waals surface area contributed by atoms with Crippen LogP contribution < -0.4 is 10.6 Å². The van der Waals surface area contributed by atoms with Gasteiger partial charge in [-0.3, -0.25) is 14.4 Å². The standard InChI is InChI=1S/C22H24N2O4/c25-20(23-14-15-6-2-1-3-7-15)16-10-12-17(13-11-16)24-21(26)18-8-4-5-9-19(18)22(27)28/h1-3,6-7,10-13,18-19H,4-5,8-9,14H2,(H,23,25)(H,24,26)(H,27,28). The van der Waals surface area contributed by atoms with Gasteiger partial charge < -0.3 is 15.7 Å². The van der Waals surface area contributed by atoms with Gasteiger partial charge in [0.1, 0.15) is 0 Å². The number of carbonyl (C=O) groups is 3. The maximum atomic E-state index is 12.5. The molecule has 2 atom stereocenters. The van der Waals surface area contributed by atoms with E-state index < -0.39 is 17.8 Å². The Bertz CT molecular complexity index is 833. The summed E-state index contributed by atoms with van der Waals surface area (Å²) in [5, 5.41) is 15.0. The van der Waals surface area contributed by atoms with Gasteiger partial charge >= 0.3 is 5.97 Å². The van der Waals surface area contributed by atoms with Gasteiger partial charge in [-0.05, 0) is 42.7 Å². The van der Waals surface area contributed by atoms with E-state index in [-0.39, 0.29) is 11.8 Å². The summed E-state index contributed by atoms with van der Waals surface area (Å²) in [6.45, 7) is 0.441. The number of benzene rings is 2. The van der Waals surface area contributed by atoms with Gasteiger partial charge in [-0.1, -0.05) is 43.2 Å². The van der Waals surface area contributed by atoms with E-state index in [9.17, 15) is 19.5 Å². The number of hydrogen-bond donors (Lipinski definition) is 3. The van der Waals surface area contributed by atoms with Crippen LogP contribution in [0.1, 0.15) is 41.6 Å². The van der Waals surface area contributed by atoms with Gasteiger partial charge in [0, 0.05) is 17.8 Å². The van der Waals surface area contributed by atoms with E-state index in [4.69, 9.17) is 0 Å². The van der Waals surface area contributed by atoms with Crippen molar-refractivity contribution in [3.63, 3.8) is 0 Å². The number of hydrogen-bond acceptors (Lipinski definition) is 3. The molecule has 1 fully saturated rings. The maximum absolute atomic E-state index is 12.5. The van der Waals surface area contributed by atoms with Crippen molar-refractivity contribution in [2.75, 3.05) is 5.32 Å². The molecule has 2 aromatic carbocycles. The van der Waals surface area contributed by atoms with Crippen molar-refractivity contribution in [1.29, 1.82) is 0 Å². The Labute approximate surface area is 164 Å². The molecule has 146 valence electrons. The lowest BCUT2D eigenvalue weighted by Gasteiger charge is -2.27. The van der Waals surface area contributed by atoms with Crippen LogP contribution in [-0.2, 0) is 16.1 Å². The third-order valence-corrected chi connectivity index (χ3v) is 5.13. The number of rotatable bonds is 6. The van der Waals surface area contributed by atoms with E-state index >= 15 is 0 Å². The zero-order valence-corrected chi connectivity index (χ0v) is 15.6. The third-order valence-electron chi connectivity index (χ3n) is 5.13. The fraction of sp³-hybridized carbons (Fsp3) is 0.318. The lowest BCUT2D eigenvalue weighted by Crippen LogP contribution is -2.36. The highest BCUT2D eigenvalue weighted by molar-refractivity contribution is 5.97. The van der Waals surface area contributed by atoms with E-state index in [1.54, 1.807) is 24.3 Å². The average Bonchev–Trinajstić information content (AvgIpc) is 2.73. The molecule has 3 N–H and O–H groups in total. The lowest BCUT2D eigenvalue weighted by molar-refractivity contribution is -0.147. The van der Waals surface area contributed by atoms with Gasteiger partial charge in [0.2, 0.25) is 5.91 Å². The van der Waals surface area contributed by atoms with Crippen LogP contribution in [0, 0.1) is 11.8 Å². The summed E-state index contributed by atoms with van der Waals surface area (Å²) in [6, 6.07) is 16.2. The molecule has 6 heteroatoms. The first-order chi connectivity index (χ1) is 13.5. The topological polar surface area (TPSA) is 95.5 Å². The Balaban J connectivity index is 1.57. The summed E-state index contributed by atoms with van der Waals surface area (Å²) in [5.41, 5.74) is 2.06. The van der Waals surface area contributed by atoms with Crippen LogP contribution in [0.3, 0.4) is 0 Å². The molecule has 2 aromatic rings. The van der Waals surface area contributed by atoms with Crippen molar-refractivity contribution in [3.05, 3.63) is 65.7 Å². The zero-order chi connectivity index (χ0) is 19.9. The highest BCUT2D eigenvalue weighted by Crippen LogP contribution is 2.31. The van der Waals surface area contributed by atoms with E-state index in [1.807, 2.05) is 30.3 Å². The minimum Gasteiger partial charge on any atom is -0.481 e. The second kappa shape index (κ2) is 9.17. The van der Waals surface area contributed by atoms with Crippen molar-refractivity contribution in [2.24, 2.45) is 11.8 Å². The summed E-state index contributed by atoms with van der Waals surface area (Å²) in [4.78, 5) is 36.1. The van der Waals surface area contributed by atoms with Crippen molar-refractivity contribution >= 4 is 23.5 Å². The Kier molecular flexibility index (Phi) is 6.42. The Hall–Kier alpha value is -3.15. The number of amides is 2. The van der Waals surface area contributed by atoms with Crippen LogP contribution >= 0.6 is 0 Å². The second-order valence-corrected chi connectivity index (χ2v) is 7.07. The lowest BCUT2D eigenvalue weighted by atomic mass is 9.78. The summed E-state index contributed by atoms with van der Waals surface area (Å²) in [7, 11) is 0. The monoisotopic (exact) mass is 380 g/mol. The molecule has 28 heavy (non-hydrogen) atoms. The second-order valence-electron chi connectivity index (χ2n) is 7.07. The van der Waals surface area contributed by atoms with Crippen molar-refractivity contribution in [2.45, 2.75) is 32.2 Å². The van der Waals surface area contributed by atoms with Gasteiger partial charge in [0.05, 0.1) is 11.8 Å². The predicted molar refractivity (Wildman–Crippen MR) is 106 cm³/mol. The van der Waals surface area contributed by atoms with E-state index in [0.29, 0.717) is 30.6 Å². The average molecular weight is 380 g/mol. The van der Waals surface area contributed by atoms with Crippen molar-refractivity contribution < 1.29 is 19.5 Å². The SMILES string of the molecule is O=C(NCc1ccccc1)c1ccc(NC(=O)C2CCCCC2C(=O)O)cc1. The Morgan fingerprint density at radius 3 is 2.18 bits per heavy atom. The zero-order valence-electron chi connectivity index (χ0n) is 15.6. The molecule has 1 aliphatic carbocycles. The molecule has 3 rings (SSSR count).